The minimum absolute atomic E-state index is 0.293. The third kappa shape index (κ3) is 4.66. The number of nitrogens with zero attached hydrogens (tertiary/aromatic N) is 6. The van der Waals surface area contributed by atoms with Crippen LogP contribution in [0.25, 0.3) is 22.3 Å². The Morgan fingerprint density at radius 1 is 1.00 bits per heavy atom. The first-order valence-electron chi connectivity index (χ1n) is 10.8. The zero-order valence-corrected chi connectivity index (χ0v) is 18.3. The van der Waals surface area contributed by atoms with Gasteiger partial charge in [0.25, 0.3) is 0 Å². The van der Waals surface area contributed by atoms with E-state index in [1.165, 1.54) is 6.08 Å². The fraction of sp³-hybridized carbons (Fsp3) is 0.167. The van der Waals surface area contributed by atoms with E-state index in [-0.39, 0.29) is 5.91 Å². The Kier molecular flexibility index (Phi) is 6.04. The van der Waals surface area contributed by atoms with Crippen molar-refractivity contribution in [1.29, 1.82) is 0 Å². The molecule has 10 nitrogen and oxygen atoms in total. The summed E-state index contributed by atoms with van der Waals surface area (Å²) in [7, 11) is 0. The van der Waals surface area contributed by atoms with Crippen molar-refractivity contribution in [3.05, 3.63) is 67.8 Å². The number of carbonyl (C=O) groups is 1. The first-order valence-corrected chi connectivity index (χ1v) is 10.8. The van der Waals surface area contributed by atoms with E-state index in [9.17, 15) is 4.79 Å². The number of hydrogen-bond acceptors (Lipinski definition) is 9. The number of aromatic nitrogens is 5. The molecule has 10 heteroatoms. The molecule has 2 N–H and O–H groups in total. The SMILES string of the molecule is C=CC(=O)Nc1ccnc(-c2ccnc3cnc(Nc4ccc(N5CCOCC5)nc4)nc23)c1. The second kappa shape index (κ2) is 9.59. The molecule has 1 amide bonds. The Morgan fingerprint density at radius 3 is 2.65 bits per heavy atom. The lowest BCUT2D eigenvalue weighted by molar-refractivity contribution is -0.111. The summed E-state index contributed by atoms with van der Waals surface area (Å²) >= 11 is 0. The summed E-state index contributed by atoms with van der Waals surface area (Å²) in [6.07, 6.45) is 7.94. The van der Waals surface area contributed by atoms with Crippen molar-refractivity contribution >= 4 is 40.1 Å². The Bertz CT molecular complexity index is 1340. The summed E-state index contributed by atoms with van der Waals surface area (Å²) in [5, 5.41) is 5.95. The highest BCUT2D eigenvalue weighted by atomic mass is 16.5. The van der Waals surface area contributed by atoms with Crippen LogP contribution in [0.3, 0.4) is 0 Å². The van der Waals surface area contributed by atoms with Crippen LogP contribution < -0.4 is 15.5 Å². The highest BCUT2D eigenvalue weighted by molar-refractivity contribution is 5.99. The van der Waals surface area contributed by atoms with Crippen LogP contribution in [-0.4, -0.2) is 57.1 Å². The molecule has 0 saturated carbocycles. The average molecular weight is 454 g/mol. The van der Waals surface area contributed by atoms with Gasteiger partial charge in [-0.2, -0.15) is 0 Å². The summed E-state index contributed by atoms with van der Waals surface area (Å²) in [5.41, 5.74) is 4.07. The van der Waals surface area contributed by atoms with Gasteiger partial charge in [0.1, 0.15) is 16.9 Å². The molecule has 170 valence electrons. The molecule has 5 rings (SSSR count). The van der Waals surface area contributed by atoms with Crippen molar-refractivity contribution < 1.29 is 9.53 Å². The number of pyridine rings is 3. The maximum Gasteiger partial charge on any atom is 0.247 e. The Labute approximate surface area is 195 Å². The number of carbonyl (C=O) groups excluding carboxylic acids is 1. The average Bonchev–Trinajstić information content (AvgIpc) is 2.89. The molecule has 0 aliphatic carbocycles. The predicted molar refractivity (Wildman–Crippen MR) is 130 cm³/mol. The Morgan fingerprint density at radius 2 is 1.85 bits per heavy atom. The van der Waals surface area contributed by atoms with Gasteiger partial charge in [-0.05, 0) is 36.4 Å². The molecule has 34 heavy (non-hydrogen) atoms. The highest BCUT2D eigenvalue weighted by Gasteiger charge is 2.13. The van der Waals surface area contributed by atoms with Crippen molar-refractivity contribution in [3.63, 3.8) is 0 Å². The van der Waals surface area contributed by atoms with Crippen LogP contribution in [-0.2, 0) is 9.53 Å². The molecule has 0 radical (unpaired) electrons. The molecule has 0 aromatic carbocycles. The number of anilines is 4. The van der Waals surface area contributed by atoms with Gasteiger partial charge in [0.15, 0.2) is 0 Å². The smallest absolute Gasteiger partial charge is 0.247 e. The monoisotopic (exact) mass is 454 g/mol. The van der Waals surface area contributed by atoms with Gasteiger partial charge in [-0.25, -0.2) is 15.0 Å². The van der Waals surface area contributed by atoms with Crippen LogP contribution in [0.1, 0.15) is 0 Å². The van der Waals surface area contributed by atoms with Crippen LogP contribution >= 0.6 is 0 Å². The Hall–Kier alpha value is -4.44. The van der Waals surface area contributed by atoms with Gasteiger partial charge in [0.05, 0.1) is 37.0 Å². The summed E-state index contributed by atoms with van der Waals surface area (Å²) in [6, 6.07) is 9.24. The third-order valence-corrected chi connectivity index (χ3v) is 5.31. The highest BCUT2D eigenvalue weighted by Crippen LogP contribution is 2.27. The number of nitrogens with one attached hydrogen (secondary N) is 2. The lowest BCUT2D eigenvalue weighted by atomic mass is 10.1. The molecule has 1 aliphatic heterocycles. The lowest BCUT2D eigenvalue weighted by Gasteiger charge is -2.27. The molecular formula is C24H22N8O2. The third-order valence-electron chi connectivity index (χ3n) is 5.31. The summed E-state index contributed by atoms with van der Waals surface area (Å²) in [6.45, 7) is 6.56. The first kappa shape index (κ1) is 21.4. The number of ether oxygens (including phenoxy) is 1. The standard InChI is InChI=1S/C24H22N8O2/c1-2-22(33)29-16-5-7-25-19(13-16)18-6-8-26-20-15-28-24(31-23(18)20)30-17-3-4-21(27-14-17)32-9-11-34-12-10-32/h2-8,13-15H,1,9-12H2,(H,25,29,33)(H,28,30,31). The van der Waals surface area contributed by atoms with E-state index < -0.39 is 0 Å². The minimum Gasteiger partial charge on any atom is -0.378 e. The quantitative estimate of drug-likeness (QED) is 0.423. The van der Waals surface area contributed by atoms with Gasteiger partial charge in [-0.1, -0.05) is 6.58 Å². The summed E-state index contributed by atoms with van der Waals surface area (Å²) in [5.74, 6) is 1.03. The van der Waals surface area contributed by atoms with Crippen LogP contribution in [0.4, 0.5) is 23.1 Å². The maximum absolute atomic E-state index is 11.7. The van der Waals surface area contributed by atoms with E-state index in [1.807, 2.05) is 18.2 Å². The van der Waals surface area contributed by atoms with Crippen molar-refractivity contribution in [3.8, 4) is 11.3 Å². The number of amides is 1. The van der Waals surface area contributed by atoms with Crippen LogP contribution in [0.15, 0.2) is 67.8 Å². The van der Waals surface area contributed by atoms with E-state index in [4.69, 9.17) is 4.74 Å². The molecule has 0 unspecified atom stereocenters. The minimum atomic E-state index is -0.293. The molecule has 1 saturated heterocycles. The zero-order valence-electron chi connectivity index (χ0n) is 18.3. The lowest BCUT2D eigenvalue weighted by Crippen LogP contribution is -2.36. The van der Waals surface area contributed by atoms with Gasteiger partial charge in [-0.15, -0.1) is 0 Å². The molecule has 1 fully saturated rings. The summed E-state index contributed by atoms with van der Waals surface area (Å²) < 4.78 is 5.40. The molecule has 1 aliphatic rings. The van der Waals surface area contributed by atoms with Crippen molar-refractivity contribution in [2.75, 3.05) is 41.8 Å². The van der Waals surface area contributed by atoms with Crippen LogP contribution in [0.2, 0.25) is 0 Å². The fourth-order valence-corrected chi connectivity index (χ4v) is 3.62. The molecule has 0 bridgehead atoms. The normalized spacial score (nSPS) is 13.5. The summed E-state index contributed by atoms with van der Waals surface area (Å²) in [4.78, 5) is 36.3. The van der Waals surface area contributed by atoms with E-state index in [1.54, 1.807) is 36.9 Å². The molecule has 4 aromatic rings. The van der Waals surface area contributed by atoms with Crippen molar-refractivity contribution in [1.82, 2.24) is 24.9 Å². The molecule has 4 aromatic heterocycles. The number of hydrogen-bond donors (Lipinski definition) is 2. The van der Waals surface area contributed by atoms with E-state index in [0.29, 0.717) is 41.6 Å². The Balaban J connectivity index is 1.41. The second-order valence-electron chi connectivity index (χ2n) is 7.54. The maximum atomic E-state index is 11.7. The van der Waals surface area contributed by atoms with E-state index in [0.717, 1.165) is 30.2 Å². The van der Waals surface area contributed by atoms with Gasteiger partial charge in [-0.3, -0.25) is 14.8 Å². The second-order valence-corrected chi connectivity index (χ2v) is 7.54. The fourth-order valence-electron chi connectivity index (χ4n) is 3.62. The van der Waals surface area contributed by atoms with Crippen LogP contribution in [0, 0.1) is 0 Å². The largest absolute Gasteiger partial charge is 0.378 e. The molecule has 0 atom stereocenters. The van der Waals surface area contributed by atoms with Gasteiger partial charge < -0.3 is 20.3 Å². The zero-order chi connectivity index (χ0) is 23.3. The molecule has 5 heterocycles. The predicted octanol–water partition coefficient (Wildman–Crippen LogP) is 3.19. The van der Waals surface area contributed by atoms with E-state index >= 15 is 0 Å². The number of rotatable bonds is 6. The molecule has 0 spiro atoms. The number of fused-ring (bicyclic) bond motifs is 1. The van der Waals surface area contributed by atoms with Gasteiger partial charge in [0.2, 0.25) is 11.9 Å². The van der Waals surface area contributed by atoms with Gasteiger partial charge >= 0.3 is 0 Å². The van der Waals surface area contributed by atoms with Crippen molar-refractivity contribution in [2.24, 2.45) is 0 Å². The topological polar surface area (TPSA) is 118 Å². The number of morpholine rings is 1. The van der Waals surface area contributed by atoms with Gasteiger partial charge in [0, 0.05) is 36.7 Å². The van der Waals surface area contributed by atoms with E-state index in [2.05, 4.69) is 47.0 Å². The van der Waals surface area contributed by atoms with Crippen LogP contribution in [0.5, 0.6) is 0 Å². The molecular weight excluding hydrogens is 432 g/mol. The van der Waals surface area contributed by atoms with Crippen molar-refractivity contribution in [2.45, 2.75) is 0 Å². The first-order chi connectivity index (χ1) is 16.7.